The third kappa shape index (κ3) is 4.73. The van der Waals surface area contributed by atoms with Crippen molar-refractivity contribution in [3.8, 4) is 11.5 Å². The Morgan fingerprint density at radius 3 is 2.07 bits per heavy atom. The smallest absolute Gasteiger partial charge is 0.315 e. The molecule has 0 aliphatic carbocycles. The summed E-state index contributed by atoms with van der Waals surface area (Å²) < 4.78 is 33.7. The number of benzene rings is 2. The Morgan fingerprint density at radius 2 is 1.46 bits per heavy atom. The lowest BCUT2D eigenvalue weighted by molar-refractivity contribution is 0.171. The van der Waals surface area contributed by atoms with E-state index in [4.69, 9.17) is 14.6 Å². The summed E-state index contributed by atoms with van der Waals surface area (Å²) in [6.45, 7) is 4.70. The van der Waals surface area contributed by atoms with Crippen LogP contribution in [0.4, 0.5) is 4.79 Å². The summed E-state index contributed by atoms with van der Waals surface area (Å²) >= 11 is 0. The van der Waals surface area contributed by atoms with Gasteiger partial charge in [-0.25, -0.2) is 18.4 Å². The molecular weight excluding hydrogens is 382 g/mol. The Kier molecular flexibility index (Phi) is 5.76. The number of hydrogen-bond acceptors (Lipinski definition) is 5. The van der Waals surface area contributed by atoms with Crippen molar-refractivity contribution < 1.29 is 22.7 Å². The minimum absolute atomic E-state index is 0.0279. The normalized spacial score (nSPS) is 15.4. The monoisotopic (exact) mass is 405 g/mol. The molecule has 2 amide bonds. The SMILES string of the molecule is CC(NC(=O)NC(C)c1ccc2c(c1)OCCO2)c1ccc(S(N)(=O)=O)cc1. The van der Waals surface area contributed by atoms with Crippen LogP contribution in [0.15, 0.2) is 47.4 Å². The Morgan fingerprint density at radius 1 is 0.929 bits per heavy atom. The van der Waals surface area contributed by atoms with E-state index in [1.54, 1.807) is 19.1 Å². The first kappa shape index (κ1) is 20.0. The lowest BCUT2D eigenvalue weighted by atomic mass is 10.1. The molecule has 4 N–H and O–H groups in total. The Balaban J connectivity index is 1.60. The quantitative estimate of drug-likeness (QED) is 0.705. The standard InChI is InChI=1S/C19H23N3O5S/c1-12(14-3-6-16(7-4-14)28(20,24)25)21-19(23)22-13(2)15-5-8-17-18(11-15)27-10-9-26-17/h3-8,11-13H,9-10H2,1-2H3,(H2,20,24,25)(H2,21,22,23). The van der Waals surface area contributed by atoms with Crippen LogP contribution in [-0.4, -0.2) is 27.7 Å². The van der Waals surface area contributed by atoms with Crippen LogP contribution in [0.5, 0.6) is 11.5 Å². The highest BCUT2D eigenvalue weighted by molar-refractivity contribution is 7.89. The largest absolute Gasteiger partial charge is 0.486 e. The maximum atomic E-state index is 12.3. The zero-order valence-corrected chi connectivity index (χ0v) is 16.5. The molecule has 2 aromatic carbocycles. The van der Waals surface area contributed by atoms with Crippen LogP contribution >= 0.6 is 0 Å². The van der Waals surface area contributed by atoms with Crippen molar-refractivity contribution in [3.05, 3.63) is 53.6 Å². The highest BCUT2D eigenvalue weighted by atomic mass is 32.2. The maximum absolute atomic E-state index is 12.3. The van der Waals surface area contributed by atoms with E-state index in [0.717, 1.165) is 11.1 Å². The van der Waals surface area contributed by atoms with Gasteiger partial charge in [0, 0.05) is 0 Å². The number of carbonyl (C=O) groups is 1. The number of fused-ring (bicyclic) bond motifs is 1. The average molecular weight is 405 g/mol. The third-order valence-electron chi connectivity index (χ3n) is 4.47. The summed E-state index contributed by atoms with van der Waals surface area (Å²) in [5, 5.41) is 10.8. The first-order chi connectivity index (χ1) is 13.2. The van der Waals surface area contributed by atoms with Gasteiger partial charge in [-0.15, -0.1) is 0 Å². The zero-order chi connectivity index (χ0) is 20.3. The van der Waals surface area contributed by atoms with Gasteiger partial charge in [0.25, 0.3) is 0 Å². The second kappa shape index (κ2) is 8.07. The van der Waals surface area contributed by atoms with Crippen LogP contribution in [0.2, 0.25) is 0 Å². The highest BCUT2D eigenvalue weighted by Gasteiger charge is 2.17. The van der Waals surface area contributed by atoms with Crippen LogP contribution in [0.3, 0.4) is 0 Å². The molecule has 0 bridgehead atoms. The van der Waals surface area contributed by atoms with Crippen LogP contribution in [0.1, 0.15) is 37.1 Å². The van der Waals surface area contributed by atoms with E-state index >= 15 is 0 Å². The number of sulfonamides is 1. The van der Waals surface area contributed by atoms with E-state index in [9.17, 15) is 13.2 Å². The van der Waals surface area contributed by atoms with Crippen molar-refractivity contribution in [2.75, 3.05) is 13.2 Å². The molecule has 8 nitrogen and oxygen atoms in total. The van der Waals surface area contributed by atoms with E-state index in [1.165, 1.54) is 12.1 Å². The van der Waals surface area contributed by atoms with E-state index in [-0.39, 0.29) is 23.0 Å². The molecule has 3 rings (SSSR count). The predicted molar refractivity (Wildman–Crippen MR) is 104 cm³/mol. The van der Waals surface area contributed by atoms with Gasteiger partial charge in [0.15, 0.2) is 11.5 Å². The van der Waals surface area contributed by atoms with Gasteiger partial charge in [0.05, 0.1) is 17.0 Å². The first-order valence-electron chi connectivity index (χ1n) is 8.83. The van der Waals surface area contributed by atoms with E-state index in [0.29, 0.717) is 24.7 Å². The van der Waals surface area contributed by atoms with Gasteiger partial charge in [-0.05, 0) is 49.2 Å². The molecule has 1 aliphatic rings. The van der Waals surface area contributed by atoms with Crippen molar-refractivity contribution in [3.63, 3.8) is 0 Å². The van der Waals surface area contributed by atoms with Crippen LogP contribution in [0, 0.1) is 0 Å². The second-order valence-electron chi connectivity index (χ2n) is 6.58. The third-order valence-corrected chi connectivity index (χ3v) is 5.40. The number of nitrogens with two attached hydrogens (primary N) is 1. The van der Waals surface area contributed by atoms with Gasteiger partial charge in [-0.1, -0.05) is 18.2 Å². The number of carbonyl (C=O) groups excluding carboxylic acids is 1. The van der Waals surface area contributed by atoms with Crippen molar-refractivity contribution >= 4 is 16.1 Å². The molecule has 28 heavy (non-hydrogen) atoms. The van der Waals surface area contributed by atoms with Crippen LogP contribution < -0.4 is 25.2 Å². The fraction of sp³-hybridized carbons (Fsp3) is 0.316. The molecule has 2 aromatic rings. The summed E-state index contributed by atoms with van der Waals surface area (Å²) in [7, 11) is -3.74. The van der Waals surface area contributed by atoms with Gasteiger partial charge in [-0.2, -0.15) is 0 Å². The Bertz CT molecular complexity index is 960. The van der Waals surface area contributed by atoms with Crippen molar-refractivity contribution in [2.24, 2.45) is 5.14 Å². The number of amides is 2. The molecule has 0 aromatic heterocycles. The number of ether oxygens (including phenoxy) is 2. The number of primary sulfonamides is 1. The number of hydrogen-bond donors (Lipinski definition) is 3. The van der Waals surface area contributed by atoms with E-state index < -0.39 is 10.0 Å². The Hall–Kier alpha value is -2.78. The molecule has 0 saturated heterocycles. The summed E-state index contributed by atoms with van der Waals surface area (Å²) in [6, 6.07) is 10.7. The molecule has 2 atom stereocenters. The van der Waals surface area contributed by atoms with Gasteiger partial charge in [0.1, 0.15) is 13.2 Å². The number of nitrogens with one attached hydrogen (secondary N) is 2. The molecule has 150 valence electrons. The summed E-state index contributed by atoms with van der Waals surface area (Å²) in [6.07, 6.45) is 0. The second-order valence-corrected chi connectivity index (χ2v) is 8.14. The van der Waals surface area contributed by atoms with Gasteiger partial charge in [0.2, 0.25) is 10.0 Å². The predicted octanol–water partition coefficient (Wildman–Crippen LogP) is 2.23. The highest BCUT2D eigenvalue weighted by Crippen LogP contribution is 2.32. The number of rotatable bonds is 5. The summed E-state index contributed by atoms with van der Waals surface area (Å²) in [5.74, 6) is 1.37. The van der Waals surface area contributed by atoms with E-state index in [1.807, 2.05) is 25.1 Å². The average Bonchev–Trinajstić information content (AvgIpc) is 2.66. The van der Waals surface area contributed by atoms with E-state index in [2.05, 4.69) is 10.6 Å². The fourth-order valence-corrected chi connectivity index (χ4v) is 3.39. The lowest BCUT2D eigenvalue weighted by Crippen LogP contribution is -2.38. The Labute approximate surface area is 164 Å². The molecular formula is C19H23N3O5S. The molecule has 0 fully saturated rings. The topological polar surface area (TPSA) is 120 Å². The lowest BCUT2D eigenvalue weighted by Gasteiger charge is -2.22. The minimum Gasteiger partial charge on any atom is -0.486 e. The molecule has 0 spiro atoms. The fourth-order valence-electron chi connectivity index (χ4n) is 2.88. The molecule has 0 saturated carbocycles. The summed E-state index contributed by atoms with van der Waals surface area (Å²) in [4.78, 5) is 12.4. The molecule has 0 radical (unpaired) electrons. The number of urea groups is 1. The molecule has 1 heterocycles. The van der Waals surface area contributed by atoms with Gasteiger partial charge < -0.3 is 20.1 Å². The van der Waals surface area contributed by atoms with Crippen molar-refractivity contribution in [1.29, 1.82) is 0 Å². The minimum atomic E-state index is -3.74. The van der Waals surface area contributed by atoms with Crippen molar-refractivity contribution in [1.82, 2.24) is 10.6 Å². The van der Waals surface area contributed by atoms with Gasteiger partial charge in [-0.3, -0.25) is 0 Å². The first-order valence-corrected chi connectivity index (χ1v) is 10.4. The van der Waals surface area contributed by atoms with Crippen LogP contribution in [-0.2, 0) is 10.0 Å². The zero-order valence-electron chi connectivity index (χ0n) is 15.6. The van der Waals surface area contributed by atoms with Gasteiger partial charge >= 0.3 is 6.03 Å². The van der Waals surface area contributed by atoms with Crippen molar-refractivity contribution in [2.45, 2.75) is 30.8 Å². The molecule has 9 heteroatoms. The molecule has 2 unspecified atom stereocenters. The van der Waals surface area contributed by atoms with Crippen LogP contribution in [0.25, 0.3) is 0 Å². The maximum Gasteiger partial charge on any atom is 0.315 e. The summed E-state index contributed by atoms with van der Waals surface area (Å²) in [5.41, 5.74) is 1.65. The molecule has 1 aliphatic heterocycles.